The van der Waals surface area contributed by atoms with E-state index in [1.807, 2.05) is 17.0 Å². The first-order chi connectivity index (χ1) is 9.96. The van der Waals surface area contributed by atoms with Gasteiger partial charge in [0.05, 0.1) is 17.2 Å². The zero-order chi connectivity index (χ0) is 15.3. The van der Waals surface area contributed by atoms with Gasteiger partial charge < -0.3 is 10.2 Å². The molecule has 0 atom stereocenters. The predicted molar refractivity (Wildman–Crippen MR) is 84.1 cm³/mol. The van der Waals surface area contributed by atoms with Gasteiger partial charge in [0.1, 0.15) is 0 Å². The van der Waals surface area contributed by atoms with Crippen molar-refractivity contribution >= 4 is 15.7 Å². The third-order valence-electron chi connectivity index (χ3n) is 3.44. The molecule has 0 spiro atoms. The van der Waals surface area contributed by atoms with Crippen LogP contribution < -0.4 is 10.2 Å². The molecule has 0 aromatic carbocycles. The monoisotopic (exact) mass is 312 g/mol. The Morgan fingerprint density at radius 3 is 2.71 bits per heavy atom. The Kier molecular flexibility index (Phi) is 5.52. The lowest BCUT2D eigenvalue weighted by atomic mass is 10.2. The molecule has 0 bridgehead atoms. The summed E-state index contributed by atoms with van der Waals surface area (Å²) >= 11 is 0. The topological polar surface area (TPSA) is 75.2 Å². The van der Waals surface area contributed by atoms with Gasteiger partial charge in [0.15, 0.2) is 15.7 Å². The molecule has 1 saturated heterocycles. The number of aromatic nitrogens is 2. The number of nitrogens with zero attached hydrogens (tertiary/aromatic N) is 3. The van der Waals surface area contributed by atoms with Crippen LogP contribution in [0.1, 0.15) is 26.0 Å². The minimum absolute atomic E-state index is 0.201. The molecule has 21 heavy (non-hydrogen) atoms. The van der Waals surface area contributed by atoms with Crippen molar-refractivity contribution in [2.45, 2.75) is 26.8 Å². The van der Waals surface area contributed by atoms with E-state index in [4.69, 9.17) is 0 Å². The van der Waals surface area contributed by atoms with E-state index in [2.05, 4.69) is 29.4 Å². The van der Waals surface area contributed by atoms with Crippen molar-refractivity contribution in [1.29, 1.82) is 0 Å². The van der Waals surface area contributed by atoms with Crippen molar-refractivity contribution in [2.75, 3.05) is 36.0 Å². The third-order valence-corrected chi connectivity index (χ3v) is 5.16. The van der Waals surface area contributed by atoms with Gasteiger partial charge in [-0.3, -0.25) is 0 Å². The second-order valence-corrected chi connectivity index (χ2v) is 8.20. The van der Waals surface area contributed by atoms with E-state index in [9.17, 15) is 8.42 Å². The summed E-state index contributed by atoms with van der Waals surface area (Å²) < 4.78 is 23.2. The quantitative estimate of drug-likeness (QED) is 0.868. The largest absolute Gasteiger partial charge is 0.354 e. The molecule has 1 aromatic heterocycles. The summed E-state index contributed by atoms with van der Waals surface area (Å²) in [5, 5.41) is 11.8. The van der Waals surface area contributed by atoms with Crippen LogP contribution in [0.15, 0.2) is 12.1 Å². The van der Waals surface area contributed by atoms with Gasteiger partial charge in [0.25, 0.3) is 0 Å². The van der Waals surface area contributed by atoms with Crippen LogP contribution in [-0.2, 0) is 16.4 Å². The van der Waals surface area contributed by atoms with Crippen molar-refractivity contribution in [3.8, 4) is 0 Å². The fraction of sp³-hybridized carbons (Fsp3) is 0.714. The van der Waals surface area contributed by atoms with E-state index in [1.165, 1.54) is 0 Å². The molecule has 0 radical (unpaired) electrons. The molecule has 0 unspecified atom stereocenters. The molecule has 118 valence electrons. The SMILES string of the molecule is CC(C)CNCc1ccc(N2CCCS(=O)(=O)CC2)nn1. The van der Waals surface area contributed by atoms with Gasteiger partial charge in [0, 0.05) is 19.6 Å². The molecule has 6 nitrogen and oxygen atoms in total. The fourth-order valence-electron chi connectivity index (χ4n) is 2.27. The predicted octanol–water partition coefficient (Wildman–Crippen LogP) is 0.847. The molecule has 2 heterocycles. The number of sulfone groups is 1. The number of hydrogen-bond acceptors (Lipinski definition) is 6. The second kappa shape index (κ2) is 7.17. The second-order valence-electron chi connectivity index (χ2n) is 5.90. The van der Waals surface area contributed by atoms with Crippen molar-refractivity contribution < 1.29 is 8.42 Å². The average molecular weight is 312 g/mol. The summed E-state index contributed by atoms with van der Waals surface area (Å²) in [7, 11) is -2.89. The van der Waals surface area contributed by atoms with Crippen LogP contribution in [0.5, 0.6) is 0 Å². The Morgan fingerprint density at radius 2 is 2.05 bits per heavy atom. The van der Waals surface area contributed by atoms with Crippen molar-refractivity contribution in [2.24, 2.45) is 5.92 Å². The first kappa shape index (κ1) is 16.2. The fourth-order valence-corrected chi connectivity index (χ4v) is 3.54. The highest BCUT2D eigenvalue weighted by molar-refractivity contribution is 7.91. The van der Waals surface area contributed by atoms with E-state index in [0.717, 1.165) is 24.6 Å². The van der Waals surface area contributed by atoms with Crippen molar-refractivity contribution in [1.82, 2.24) is 15.5 Å². The van der Waals surface area contributed by atoms with Gasteiger partial charge in [-0.25, -0.2) is 8.42 Å². The summed E-state index contributed by atoms with van der Waals surface area (Å²) in [5.74, 6) is 1.84. The van der Waals surface area contributed by atoms with E-state index in [-0.39, 0.29) is 11.5 Å². The summed E-state index contributed by atoms with van der Waals surface area (Å²) in [5.41, 5.74) is 0.904. The van der Waals surface area contributed by atoms with E-state index < -0.39 is 9.84 Å². The molecule has 7 heteroatoms. The van der Waals surface area contributed by atoms with Crippen LogP contribution in [0, 0.1) is 5.92 Å². The molecular formula is C14H24N4O2S. The first-order valence-corrected chi connectivity index (χ1v) is 9.27. The Bertz CT molecular complexity index is 543. The smallest absolute Gasteiger partial charge is 0.152 e. The van der Waals surface area contributed by atoms with Gasteiger partial charge in [-0.2, -0.15) is 5.10 Å². The molecule has 2 rings (SSSR count). The number of anilines is 1. The lowest BCUT2D eigenvalue weighted by Gasteiger charge is -2.20. The molecule has 1 fully saturated rings. The van der Waals surface area contributed by atoms with Gasteiger partial charge in [0.2, 0.25) is 0 Å². The number of hydrogen-bond donors (Lipinski definition) is 1. The van der Waals surface area contributed by atoms with Gasteiger partial charge >= 0.3 is 0 Å². The maximum absolute atomic E-state index is 11.6. The van der Waals surface area contributed by atoms with Crippen LogP contribution in [0.4, 0.5) is 5.82 Å². The Hall–Kier alpha value is -1.21. The third kappa shape index (κ3) is 5.24. The number of nitrogens with one attached hydrogen (secondary N) is 1. The maximum atomic E-state index is 11.6. The van der Waals surface area contributed by atoms with E-state index in [1.54, 1.807) is 0 Å². The summed E-state index contributed by atoms with van der Waals surface area (Å²) in [6, 6.07) is 3.88. The maximum Gasteiger partial charge on any atom is 0.152 e. The molecular weight excluding hydrogens is 288 g/mol. The normalized spacial score (nSPS) is 18.7. The van der Waals surface area contributed by atoms with Crippen molar-refractivity contribution in [3.63, 3.8) is 0 Å². The van der Waals surface area contributed by atoms with Crippen LogP contribution in [0.2, 0.25) is 0 Å². The molecule has 0 aliphatic carbocycles. The van der Waals surface area contributed by atoms with Crippen LogP contribution in [-0.4, -0.2) is 49.8 Å². The first-order valence-electron chi connectivity index (χ1n) is 7.45. The van der Waals surface area contributed by atoms with Crippen LogP contribution in [0.25, 0.3) is 0 Å². The molecule has 1 aromatic rings. The molecule has 0 amide bonds. The molecule has 0 saturated carbocycles. The van der Waals surface area contributed by atoms with Crippen LogP contribution in [0.3, 0.4) is 0 Å². The highest BCUT2D eigenvalue weighted by Crippen LogP contribution is 2.14. The minimum atomic E-state index is -2.89. The molecule has 1 aliphatic heterocycles. The van der Waals surface area contributed by atoms with E-state index >= 15 is 0 Å². The zero-order valence-corrected chi connectivity index (χ0v) is 13.6. The van der Waals surface area contributed by atoms with Gasteiger partial charge in [-0.15, -0.1) is 5.10 Å². The van der Waals surface area contributed by atoms with E-state index in [0.29, 0.717) is 25.4 Å². The Labute approximate surface area is 126 Å². The average Bonchev–Trinajstić information content (AvgIpc) is 2.60. The standard InChI is InChI=1S/C14H24N4O2S/c1-12(2)10-15-11-13-4-5-14(17-16-13)18-6-3-8-21(19,20)9-7-18/h4-5,12,15H,3,6-11H2,1-2H3. The minimum Gasteiger partial charge on any atom is -0.354 e. The highest BCUT2D eigenvalue weighted by atomic mass is 32.2. The molecule has 1 N–H and O–H groups in total. The summed E-state index contributed by atoms with van der Waals surface area (Å²) in [4.78, 5) is 2.00. The molecule has 1 aliphatic rings. The van der Waals surface area contributed by atoms with Crippen LogP contribution >= 0.6 is 0 Å². The summed E-state index contributed by atoms with van der Waals surface area (Å²) in [6.07, 6.45) is 0.654. The number of rotatable bonds is 5. The van der Waals surface area contributed by atoms with Gasteiger partial charge in [-0.05, 0) is 31.0 Å². The summed E-state index contributed by atoms with van der Waals surface area (Å²) in [6.45, 7) is 7.21. The van der Waals surface area contributed by atoms with Crippen molar-refractivity contribution in [3.05, 3.63) is 17.8 Å². The lowest BCUT2D eigenvalue weighted by molar-refractivity contribution is 0.546. The zero-order valence-electron chi connectivity index (χ0n) is 12.7. The Morgan fingerprint density at radius 1 is 1.24 bits per heavy atom. The lowest BCUT2D eigenvalue weighted by Crippen LogP contribution is -2.28. The van der Waals surface area contributed by atoms with Gasteiger partial charge in [-0.1, -0.05) is 13.8 Å². The highest BCUT2D eigenvalue weighted by Gasteiger charge is 2.20. The Balaban J connectivity index is 1.92.